The van der Waals surface area contributed by atoms with E-state index in [0.717, 1.165) is 5.56 Å². The zero-order valence-corrected chi connectivity index (χ0v) is 12.4. The van der Waals surface area contributed by atoms with Crippen molar-refractivity contribution in [2.24, 2.45) is 0 Å². The predicted octanol–water partition coefficient (Wildman–Crippen LogP) is 4.07. The van der Waals surface area contributed by atoms with Crippen LogP contribution in [0.2, 0.25) is 0 Å². The molecule has 1 atom stereocenters. The van der Waals surface area contributed by atoms with Crippen LogP contribution in [0.3, 0.4) is 0 Å². The number of benzene rings is 1. The Morgan fingerprint density at radius 3 is 2.30 bits per heavy atom. The van der Waals surface area contributed by atoms with Crippen molar-refractivity contribution in [1.29, 1.82) is 0 Å². The smallest absolute Gasteiger partial charge is 0.287 e. The molecule has 1 heterocycles. The van der Waals surface area contributed by atoms with Gasteiger partial charge in [-0.3, -0.25) is 4.79 Å². The number of hydrogen-bond donors (Lipinski definition) is 1. The first-order valence-corrected chi connectivity index (χ1v) is 6.83. The highest BCUT2D eigenvalue weighted by Crippen LogP contribution is 2.24. The highest BCUT2D eigenvalue weighted by Gasteiger charge is 2.16. The minimum atomic E-state index is -0.192. The summed E-state index contributed by atoms with van der Waals surface area (Å²) in [5, 5.41) is 2.92. The monoisotopic (exact) mass is 271 g/mol. The van der Waals surface area contributed by atoms with E-state index < -0.39 is 0 Å². The molecule has 0 aliphatic rings. The fourth-order valence-corrected chi connectivity index (χ4v) is 2.03. The largest absolute Gasteiger partial charge is 0.459 e. The molecule has 0 radical (unpaired) electrons. The summed E-state index contributed by atoms with van der Waals surface area (Å²) in [6.45, 7) is 8.52. The molecule has 3 heteroatoms. The molecule has 1 N–H and O–H groups in total. The Hall–Kier alpha value is -2.03. The maximum absolute atomic E-state index is 11.9. The van der Waals surface area contributed by atoms with Gasteiger partial charge in [-0.15, -0.1) is 0 Å². The van der Waals surface area contributed by atoms with Gasteiger partial charge in [-0.05, 0) is 35.6 Å². The van der Waals surface area contributed by atoms with Crippen molar-refractivity contribution in [3.63, 3.8) is 0 Å². The molecule has 2 rings (SSSR count). The lowest BCUT2D eigenvalue weighted by Gasteiger charge is -2.20. The van der Waals surface area contributed by atoms with Gasteiger partial charge >= 0.3 is 0 Å². The molecule has 20 heavy (non-hydrogen) atoms. The normalized spacial score (nSPS) is 13.0. The van der Waals surface area contributed by atoms with Gasteiger partial charge in [0.25, 0.3) is 5.91 Å². The van der Waals surface area contributed by atoms with Gasteiger partial charge in [0.2, 0.25) is 0 Å². The molecule has 0 aliphatic heterocycles. The van der Waals surface area contributed by atoms with Gasteiger partial charge in [0, 0.05) is 0 Å². The maximum atomic E-state index is 11.9. The van der Waals surface area contributed by atoms with E-state index in [1.165, 1.54) is 11.8 Å². The Morgan fingerprint density at radius 1 is 1.15 bits per heavy atom. The van der Waals surface area contributed by atoms with Gasteiger partial charge in [0.1, 0.15) is 0 Å². The molecule has 1 aromatic carbocycles. The van der Waals surface area contributed by atoms with E-state index in [-0.39, 0.29) is 17.4 Å². The quantitative estimate of drug-likeness (QED) is 0.914. The summed E-state index contributed by atoms with van der Waals surface area (Å²) in [6, 6.07) is 11.7. The predicted molar refractivity (Wildman–Crippen MR) is 79.7 cm³/mol. The van der Waals surface area contributed by atoms with Gasteiger partial charge in [0.15, 0.2) is 5.76 Å². The van der Waals surface area contributed by atoms with Crippen molar-refractivity contribution in [2.45, 2.75) is 39.2 Å². The summed E-state index contributed by atoms with van der Waals surface area (Å²) in [6.07, 6.45) is 1.50. The molecule has 3 nitrogen and oxygen atoms in total. The lowest BCUT2D eigenvalue weighted by atomic mass is 9.86. The second-order valence-electron chi connectivity index (χ2n) is 6.04. The second-order valence-corrected chi connectivity index (χ2v) is 6.04. The first-order chi connectivity index (χ1) is 9.38. The minimum absolute atomic E-state index is 0.0541. The van der Waals surface area contributed by atoms with Crippen LogP contribution in [0, 0.1) is 0 Å². The summed E-state index contributed by atoms with van der Waals surface area (Å²) in [5.74, 6) is 0.144. The van der Waals surface area contributed by atoms with Crippen LogP contribution in [0.15, 0.2) is 47.1 Å². The van der Waals surface area contributed by atoms with Crippen molar-refractivity contribution >= 4 is 5.91 Å². The number of carbonyl (C=O) groups is 1. The molecule has 1 aromatic heterocycles. The summed E-state index contributed by atoms with van der Waals surface area (Å²) in [7, 11) is 0. The third kappa shape index (κ3) is 3.29. The molecule has 106 valence electrons. The third-order valence-corrected chi connectivity index (χ3v) is 3.37. The Balaban J connectivity index is 2.06. The van der Waals surface area contributed by atoms with E-state index in [2.05, 4.69) is 50.4 Å². The highest BCUT2D eigenvalue weighted by atomic mass is 16.3. The molecule has 2 aromatic rings. The Bertz CT molecular complexity index is 562. The maximum Gasteiger partial charge on any atom is 0.287 e. The van der Waals surface area contributed by atoms with E-state index >= 15 is 0 Å². The highest BCUT2D eigenvalue weighted by molar-refractivity contribution is 5.91. The SMILES string of the molecule is C[C@H](NC(=O)c1ccco1)c1ccc(C(C)(C)C)cc1. The summed E-state index contributed by atoms with van der Waals surface area (Å²) in [4.78, 5) is 11.9. The van der Waals surface area contributed by atoms with Gasteiger partial charge in [-0.1, -0.05) is 45.0 Å². The first kappa shape index (κ1) is 14.4. The molecule has 0 saturated heterocycles. The molecule has 1 amide bonds. The lowest BCUT2D eigenvalue weighted by Crippen LogP contribution is -2.26. The Labute approximate surface area is 120 Å². The third-order valence-electron chi connectivity index (χ3n) is 3.37. The molecular weight excluding hydrogens is 250 g/mol. The van der Waals surface area contributed by atoms with Gasteiger partial charge in [-0.2, -0.15) is 0 Å². The number of amides is 1. The zero-order chi connectivity index (χ0) is 14.8. The number of carbonyl (C=O) groups excluding carboxylic acids is 1. The summed E-state index contributed by atoms with van der Waals surface area (Å²) >= 11 is 0. The molecule has 0 saturated carbocycles. The Kier molecular flexibility index (Phi) is 3.98. The standard InChI is InChI=1S/C17H21NO2/c1-12(18-16(19)15-6-5-11-20-15)13-7-9-14(10-8-13)17(2,3)4/h5-12H,1-4H3,(H,18,19)/t12-/m0/s1. The molecule has 0 spiro atoms. The number of rotatable bonds is 3. The zero-order valence-electron chi connectivity index (χ0n) is 12.4. The van der Waals surface area contributed by atoms with E-state index in [1.54, 1.807) is 12.1 Å². The molecule has 0 unspecified atom stereocenters. The van der Waals surface area contributed by atoms with Crippen molar-refractivity contribution in [3.05, 3.63) is 59.5 Å². The average molecular weight is 271 g/mol. The van der Waals surface area contributed by atoms with Crippen LogP contribution in [0.4, 0.5) is 0 Å². The van der Waals surface area contributed by atoms with Crippen LogP contribution in [0.5, 0.6) is 0 Å². The van der Waals surface area contributed by atoms with Crippen molar-refractivity contribution in [2.75, 3.05) is 0 Å². The minimum Gasteiger partial charge on any atom is -0.459 e. The van der Waals surface area contributed by atoms with Crippen LogP contribution < -0.4 is 5.32 Å². The van der Waals surface area contributed by atoms with Crippen LogP contribution in [-0.2, 0) is 5.41 Å². The van der Waals surface area contributed by atoms with Crippen LogP contribution in [0.1, 0.15) is 55.4 Å². The summed E-state index contributed by atoms with van der Waals surface area (Å²) in [5.41, 5.74) is 2.50. The van der Waals surface area contributed by atoms with Crippen molar-refractivity contribution in [1.82, 2.24) is 5.32 Å². The molecular formula is C17H21NO2. The van der Waals surface area contributed by atoms with Gasteiger partial charge in [-0.25, -0.2) is 0 Å². The number of hydrogen-bond acceptors (Lipinski definition) is 2. The van der Waals surface area contributed by atoms with Gasteiger partial charge in [0.05, 0.1) is 12.3 Å². The molecule has 0 bridgehead atoms. The second kappa shape index (κ2) is 5.53. The average Bonchev–Trinajstić information content (AvgIpc) is 2.91. The topological polar surface area (TPSA) is 42.2 Å². The van der Waals surface area contributed by atoms with E-state index in [9.17, 15) is 4.79 Å². The number of nitrogens with one attached hydrogen (secondary N) is 1. The van der Waals surface area contributed by atoms with E-state index in [0.29, 0.717) is 5.76 Å². The van der Waals surface area contributed by atoms with Crippen molar-refractivity contribution < 1.29 is 9.21 Å². The van der Waals surface area contributed by atoms with Gasteiger partial charge < -0.3 is 9.73 Å². The van der Waals surface area contributed by atoms with Crippen LogP contribution in [-0.4, -0.2) is 5.91 Å². The van der Waals surface area contributed by atoms with E-state index in [4.69, 9.17) is 4.42 Å². The summed E-state index contributed by atoms with van der Waals surface area (Å²) < 4.78 is 5.08. The van der Waals surface area contributed by atoms with E-state index in [1.807, 2.05) is 6.92 Å². The molecule has 0 aliphatic carbocycles. The van der Waals surface area contributed by atoms with Crippen LogP contribution >= 0.6 is 0 Å². The first-order valence-electron chi connectivity index (χ1n) is 6.83. The fourth-order valence-electron chi connectivity index (χ4n) is 2.03. The van der Waals surface area contributed by atoms with Crippen molar-refractivity contribution in [3.8, 4) is 0 Å². The Morgan fingerprint density at radius 2 is 1.80 bits per heavy atom. The number of furan rings is 1. The fraction of sp³-hybridized carbons (Fsp3) is 0.353. The van der Waals surface area contributed by atoms with Crippen LogP contribution in [0.25, 0.3) is 0 Å². The molecule has 0 fully saturated rings. The lowest BCUT2D eigenvalue weighted by molar-refractivity contribution is 0.0912.